The fourth-order valence-corrected chi connectivity index (χ4v) is 3.54. The number of likely N-dealkylation sites (tertiary alicyclic amines) is 1. The highest BCUT2D eigenvalue weighted by molar-refractivity contribution is 14.1. The van der Waals surface area contributed by atoms with Crippen molar-refractivity contribution in [3.05, 3.63) is 57.4 Å². The predicted molar refractivity (Wildman–Crippen MR) is 106 cm³/mol. The Morgan fingerprint density at radius 1 is 1.28 bits per heavy atom. The Morgan fingerprint density at radius 2 is 2.12 bits per heavy atom. The number of aromatic nitrogens is 1. The Bertz CT molecular complexity index is 779. The molecule has 1 fully saturated rings. The van der Waals surface area contributed by atoms with Crippen molar-refractivity contribution in [1.82, 2.24) is 9.88 Å². The van der Waals surface area contributed by atoms with Crippen LogP contribution in [0.1, 0.15) is 46.9 Å². The van der Waals surface area contributed by atoms with Crippen molar-refractivity contribution in [3.8, 4) is 0 Å². The quantitative estimate of drug-likeness (QED) is 0.722. The molecule has 0 spiro atoms. The summed E-state index contributed by atoms with van der Waals surface area (Å²) in [5.74, 6) is -0.290. The molecule has 3 rings (SSSR count). The highest BCUT2D eigenvalue weighted by Crippen LogP contribution is 2.25. The lowest BCUT2D eigenvalue weighted by Gasteiger charge is -2.34. The maximum absolute atomic E-state index is 13.1. The van der Waals surface area contributed by atoms with E-state index in [4.69, 9.17) is 0 Å². The second-order valence-electron chi connectivity index (χ2n) is 6.23. The van der Waals surface area contributed by atoms with Gasteiger partial charge in [0.05, 0.1) is 16.8 Å². The predicted octanol–water partition coefficient (Wildman–Crippen LogP) is 3.95. The highest BCUT2D eigenvalue weighted by Gasteiger charge is 2.26. The van der Waals surface area contributed by atoms with Crippen LogP contribution in [0.4, 0.5) is 5.69 Å². The minimum Gasteiger partial charge on any atom is -0.336 e. The molecule has 5 nitrogen and oxygen atoms in total. The van der Waals surface area contributed by atoms with Crippen LogP contribution in [-0.4, -0.2) is 34.3 Å². The van der Waals surface area contributed by atoms with E-state index in [-0.39, 0.29) is 17.9 Å². The summed E-state index contributed by atoms with van der Waals surface area (Å²) in [5.41, 5.74) is 1.54. The van der Waals surface area contributed by atoms with Crippen LogP contribution in [0.15, 0.2) is 42.7 Å². The maximum atomic E-state index is 13.1. The molecule has 1 N–H and O–H groups in total. The molecule has 0 saturated carbocycles. The third kappa shape index (κ3) is 4.18. The van der Waals surface area contributed by atoms with Crippen molar-refractivity contribution >= 4 is 40.1 Å². The lowest BCUT2D eigenvalue weighted by atomic mass is 10.0. The molecule has 0 radical (unpaired) electrons. The Balaban J connectivity index is 1.88. The number of pyridine rings is 1. The summed E-state index contributed by atoms with van der Waals surface area (Å²) in [6.45, 7) is 2.85. The zero-order valence-corrected chi connectivity index (χ0v) is 16.2. The van der Waals surface area contributed by atoms with Crippen molar-refractivity contribution < 1.29 is 9.59 Å². The van der Waals surface area contributed by atoms with Crippen molar-refractivity contribution in [2.75, 3.05) is 11.9 Å². The number of hydrogen-bond donors (Lipinski definition) is 1. The van der Waals surface area contributed by atoms with Crippen LogP contribution < -0.4 is 5.32 Å². The largest absolute Gasteiger partial charge is 0.336 e. The summed E-state index contributed by atoms with van der Waals surface area (Å²) >= 11 is 2.18. The maximum Gasteiger partial charge on any atom is 0.257 e. The number of nitrogens with zero attached hydrogens (tertiary/aromatic N) is 2. The van der Waals surface area contributed by atoms with Crippen molar-refractivity contribution in [2.24, 2.45) is 0 Å². The van der Waals surface area contributed by atoms with Gasteiger partial charge in [-0.3, -0.25) is 14.6 Å². The van der Waals surface area contributed by atoms with Gasteiger partial charge in [-0.15, -0.1) is 0 Å². The zero-order chi connectivity index (χ0) is 17.8. The van der Waals surface area contributed by atoms with Gasteiger partial charge in [-0.25, -0.2) is 0 Å². The SMILES string of the molecule is C[C@H]1CCCCN1C(=O)c1cc(I)ccc1NC(=O)c1cccnc1. The van der Waals surface area contributed by atoms with E-state index >= 15 is 0 Å². The number of rotatable bonds is 3. The van der Waals surface area contributed by atoms with E-state index < -0.39 is 0 Å². The van der Waals surface area contributed by atoms with E-state index in [1.54, 1.807) is 24.4 Å². The summed E-state index contributed by atoms with van der Waals surface area (Å²) in [7, 11) is 0. The summed E-state index contributed by atoms with van der Waals surface area (Å²) in [6, 6.07) is 9.14. The zero-order valence-electron chi connectivity index (χ0n) is 14.0. The number of nitrogens with one attached hydrogen (secondary N) is 1. The van der Waals surface area contributed by atoms with Gasteiger partial charge in [-0.2, -0.15) is 0 Å². The minimum absolute atomic E-state index is 0.0211. The Kier molecular flexibility index (Phi) is 5.67. The van der Waals surface area contributed by atoms with Gasteiger partial charge in [-0.05, 0) is 79.1 Å². The first kappa shape index (κ1) is 17.8. The number of carbonyl (C=O) groups is 2. The molecule has 25 heavy (non-hydrogen) atoms. The van der Waals surface area contributed by atoms with Gasteiger partial charge in [0.2, 0.25) is 0 Å². The fraction of sp³-hybridized carbons (Fsp3) is 0.316. The molecule has 1 saturated heterocycles. The number of amides is 2. The first-order valence-electron chi connectivity index (χ1n) is 8.38. The number of carbonyl (C=O) groups excluding carboxylic acids is 2. The number of piperidine rings is 1. The van der Waals surface area contributed by atoms with E-state index in [1.807, 2.05) is 17.0 Å². The molecule has 1 aromatic carbocycles. The summed E-state index contributed by atoms with van der Waals surface area (Å²) < 4.78 is 0.963. The molecule has 2 amide bonds. The topological polar surface area (TPSA) is 62.3 Å². The smallest absolute Gasteiger partial charge is 0.257 e. The van der Waals surface area contributed by atoms with Gasteiger partial charge < -0.3 is 10.2 Å². The number of benzene rings is 1. The summed E-state index contributed by atoms with van der Waals surface area (Å²) in [6.07, 6.45) is 6.33. The number of hydrogen-bond acceptors (Lipinski definition) is 3. The Morgan fingerprint density at radius 3 is 2.84 bits per heavy atom. The van der Waals surface area contributed by atoms with E-state index in [9.17, 15) is 9.59 Å². The second-order valence-corrected chi connectivity index (χ2v) is 7.47. The molecule has 1 atom stereocenters. The molecule has 2 heterocycles. The normalized spacial score (nSPS) is 17.2. The van der Waals surface area contributed by atoms with Crippen LogP contribution in [-0.2, 0) is 0 Å². The average molecular weight is 449 g/mol. The molecule has 6 heteroatoms. The molecule has 0 unspecified atom stereocenters. The molecule has 1 aromatic heterocycles. The average Bonchev–Trinajstić information content (AvgIpc) is 2.63. The fourth-order valence-electron chi connectivity index (χ4n) is 3.05. The molecule has 130 valence electrons. The number of anilines is 1. The lowest BCUT2D eigenvalue weighted by molar-refractivity contribution is 0.0636. The van der Waals surface area contributed by atoms with Crippen LogP contribution >= 0.6 is 22.6 Å². The standard InChI is InChI=1S/C19H20IN3O2/c1-13-5-2-3-10-23(13)19(25)16-11-15(20)7-8-17(16)22-18(24)14-6-4-9-21-12-14/h4,6-9,11-13H,2-3,5,10H2,1H3,(H,22,24)/t13-/m0/s1. The van der Waals surface area contributed by atoms with Crippen molar-refractivity contribution in [3.63, 3.8) is 0 Å². The Labute approximate surface area is 161 Å². The first-order chi connectivity index (χ1) is 12.1. The van der Waals surface area contributed by atoms with Gasteiger partial charge in [0.15, 0.2) is 0 Å². The molecule has 0 aliphatic carbocycles. The highest BCUT2D eigenvalue weighted by atomic mass is 127. The van der Waals surface area contributed by atoms with Gasteiger partial charge in [0.25, 0.3) is 11.8 Å². The Hall–Kier alpha value is -1.96. The van der Waals surface area contributed by atoms with Gasteiger partial charge >= 0.3 is 0 Å². The second kappa shape index (κ2) is 7.95. The molecule has 0 bridgehead atoms. The first-order valence-corrected chi connectivity index (χ1v) is 9.46. The van der Waals surface area contributed by atoms with Gasteiger partial charge in [0.1, 0.15) is 0 Å². The van der Waals surface area contributed by atoms with E-state index in [0.717, 1.165) is 29.4 Å². The third-order valence-electron chi connectivity index (χ3n) is 4.45. The van der Waals surface area contributed by atoms with Crippen LogP contribution in [0, 0.1) is 3.57 Å². The van der Waals surface area contributed by atoms with Crippen LogP contribution in [0.5, 0.6) is 0 Å². The molecule has 1 aliphatic rings. The molecule has 2 aromatic rings. The van der Waals surface area contributed by atoms with Gasteiger partial charge in [0, 0.05) is 28.6 Å². The van der Waals surface area contributed by atoms with Crippen molar-refractivity contribution in [2.45, 2.75) is 32.2 Å². The monoisotopic (exact) mass is 449 g/mol. The summed E-state index contributed by atoms with van der Waals surface area (Å²) in [5, 5.41) is 2.86. The molecule has 1 aliphatic heterocycles. The number of halogens is 1. The minimum atomic E-state index is -0.268. The molecular weight excluding hydrogens is 429 g/mol. The molecular formula is C19H20IN3O2. The van der Waals surface area contributed by atoms with E-state index in [2.05, 4.69) is 39.8 Å². The third-order valence-corrected chi connectivity index (χ3v) is 5.12. The van der Waals surface area contributed by atoms with Crippen LogP contribution in [0.25, 0.3) is 0 Å². The van der Waals surface area contributed by atoms with Crippen LogP contribution in [0.3, 0.4) is 0 Å². The lowest BCUT2D eigenvalue weighted by Crippen LogP contribution is -2.42. The van der Waals surface area contributed by atoms with E-state index in [1.165, 1.54) is 6.20 Å². The van der Waals surface area contributed by atoms with E-state index in [0.29, 0.717) is 16.8 Å². The van der Waals surface area contributed by atoms with Gasteiger partial charge in [-0.1, -0.05) is 0 Å². The van der Waals surface area contributed by atoms with Crippen LogP contribution in [0.2, 0.25) is 0 Å². The van der Waals surface area contributed by atoms with Crippen molar-refractivity contribution in [1.29, 1.82) is 0 Å². The summed E-state index contributed by atoms with van der Waals surface area (Å²) in [4.78, 5) is 31.4.